The number of ether oxygens (including phenoxy) is 1. The molecule has 1 aromatic heterocycles. The molecule has 1 atom stereocenters. The standard InChI is InChI=1S/C19H25N3O2/c1-3-24-17-8-6-15(7-9-17)13-19(23)22-11-4-5-16(14-22)18-10-12-21(2)20-18/h6-10,12,16H,3-5,11,13-14H2,1-2H3/t16-/m0/s1. The van der Waals surface area contributed by atoms with Gasteiger partial charge in [-0.1, -0.05) is 12.1 Å². The van der Waals surface area contributed by atoms with E-state index in [0.29, 0.717) is 18.9 Å². The van der Waals surface area contributed by atoms with Crippen LogP contribution in [0.5, 0.6) is 5.75 Å². The molecule has 0 unspecified atom stereocenters. The quantitative estimate of drug-likeness (QED) is 0.848. The van der Waals surface area contributed by atoms with Crippen molar-refractivity contribution in [3.63, 3.8) is 0 Å². The number of hydrogen-bond donors (Lipinski definition) is 0. The van der Waals surface area contributed by atoms with E-state index in [1.165, 1.54) is 0 Å². The fourth-order valence-corrected chi connectivity index (χ4v) is 3.25. The van der Waals surface area contributed by atoms with Gasteiger partial charge in [-0.15, -0.1) is 0 Å². The average Bonchev–Trinajstić information content (AvgIpc) is 3.03. The molecule has 1 amide bonds. The predicted molar refractivity (Wildman–Crippen MR) is 93.1 cm³/mol. The highest BCUT2D eigenvalue weighted by molar-refractivity contribution is 5.79. The van der Waals surface area contributed by atoms with Crippen molar-refractivity contribution in [2.24, 2.45) is 7.05 Å². The first-order valence-corrected chi connectivity index (χ1v) is 8.64. The maximum absolute atomic E-state index is 12.6. The van der Waals surface area contributed by atoms with Gasteiger partial charge in [0, 0.05) is 32.3 Å². The summed E-state index contributed by atoms with van der Waals surface area (Å²) in [6.45, 7) is 4.23. The third-order valence-electron chi connectivity index (χ3n) is 4.52. The highest BCUT2D eigenvalue weighted by Crippen LogP contribution is 2.26. The van der Waals surface area contributed by atoms with Crippen LogP contribution in [-0.4, -0.2) is 40.3 Å². The van der Waals surface area contributed by atoms with Gasteiger partial charge < -0.3 is 9.64 Å². The monoisotopic (exact) mass is 327 g/mol. The summed E-state index contributed by atoms with van der Waals surface area (Å²) in [7, 11) is 1.93. The molecule has 5 nitrogen and oxygen atoms in total. The molecule has 5 heteroatoms. The van der Waals surface area contributed by atoms with E-state index in [1.54, 1.807) is 0 Å². The number of nitrogens with zero attached hydrogens (tertiary/aromatic N) is 3. The number of carbonyl (C=O) groups excluding carboxylic acids is 1. The molecule has 0 bridgehead atoms. The third-order valence-corrected chi connectivity index (χ3v) is 4.52. The number of aryl methyl sites for hydroxylation is 1. The summed E-state index contributed by atoms with van der Waals surface area (Å²) < 4.78 is 7.27. The fourth-order valence-electron chi connectivity index (χ4n) is 3.25. The van der Waals surface area contributed by atoms with Crippen LogP contribution in [0.25, 0.3) is 0 Å². The van der Waals surface area contributed by atoms with Crippen LogP contribution in [-0.2, 0) is 18.3 Å². The third kappa shape index (κ3) is 3.96. The van der Waals surface area contributed by atoms with Gasteiger partial charge in [-0.3, -0.25) is 9.48 Å². The lowest BCUT2D eigenvalue weighted by atomic mass is 9.94. The Morgan fingerprint density at radius 2 is 2.08 bits per heavy atom. The van der Waals surface area contributed by atoms with Gasteiger partial charge in [0.15, 0.2) is 0 Å². The Balaban J connectivity index is 1.59. The molecule has 24 heavy (non-hydrogen) atoms. The van der Waals surface area contributed by atoms with E-state index in [4.69, 9.17) is 4.74 Å². The minimum Gasteiger partial charge on any atom is -0.494 e. The molecule has 2 aromatic rings. The second-order valence-corrected chi connectivity index (χ2v) is 6.35. The van der Waals surface area contributed by atoms with E-state index in [1.807, 2.05) is 54.0 Å². The van der Waals surface area contributed by atoms with Crippen LogP contribution in [0.3, 0.4) is 0 Å². The largest absolute Gasteiger partial charge is 0.494 e. The minimum atomic E-state index is 0.194. The van der Waals surface area contributed by atoms with Crippen LogP contribution in [0.1, 0.15) is 36.9 Å². The summed E-state index contributed by atoms with van der Waals surface area (Å²) in [6.07, 6.45) is 4.55. The molecule has 2 heterocycles. The van der Waals surface area contributed by atoms with E-state index in [0.717, 1.165) is 42.9 Å². The number of hydrogen-bond acceptors (Lipinski definition) is 3. The zero-order valence-electron chi connectivity index (χ0n) is 14.4. The number of rotatable bonds is 5. The van der Waals surface area contributed by atoms with Crippen LogP contribution in [0.15, 0.2) is 36.5 Å². The van der Waals surface area contributed by atoms with E-state index < -0.39 is 0 Å². The molecule has 1 fully saturated rings. The second kappa shape index (κ2) is 7.51. The van der Waals surface area contributed by atoms with E-state index >= 15 is 0 Å². The molecular weight excluding hydrogens is 302 g/mol. The van der Waals surface area contributed by atoms with Gasteiger partial charge in [0.2, 0.25) is 5.91 Å². The van der Waals surface area contributed by atoms with Crippen molar-refractivity contribution >= 4 is 5.91 Å². The van der Waals surface area contributed by atoms with Crippen molar-refractivity contribution in [2.75, 3.05) is 19.7 Å². The summed E-state index contributed by atoms with van der Waals surface area (Å²) in [5, 5.41) is 4.50. The maximum Gasteiger partial charge on any atom is 0.227 e. The number of piperidine rings is 1. The number of carbonyl (C=O) groups is 1. The van der Waals surface area contributed by atoms with Crippen molar-refractivity contribution in [3.8, 4) is 5.75 Å². The van der Waals surface area contributed by atoms with Gasteiger partial charge in [-0.25, -0.2) is 0 Å². The van der Waals surface area contributed by atoms with Gasteiger partial charge in [-0.05, 0) is 43.5 Å². The molecule has 1 saturated heterocycles. The van der Waals surface area contributed by atoms with Crippen LogP contribution >= 0.6 is 0 Å². The SMILES string of the molecule is CCOc1ccc(CC(=O)N2CCC[C@H](c3ccn(C)n3)C2)cc1. The number of likely N-dealkylation sites (tertiary alicyclic amines) is 1. The van der Waals surface area contributed by atoms with Crippen molar-refractivity contribution < 1.29 is 9.53 Å². The Morgan fingerprint density at radius 1 is 1.29 bits per heavy atom. The van der Waals surface area contributed by atoms with Gasteiger partial charge in [-0.2, -0.15) is 5.10 Å². The summed E-state index contributed by atoms with van der Waals surface area (Å²) in [5.41, 5.74) is 2.12. The lowest BCUT2D eigenvalue weighted by molar-refractivity contribution is -0.131. The summed E-state index contributed by atoms with van der Waals surface area (Å²) in [6, 6.07) is 9.87. The smallest absolute Gasteiger partial charge is 0.227 e. The van der Waals surface area contributed by atoms with Crippen molar-refractivity contribution in [2.45, 2.75) is 32.1 Å². The molecule has 0 N–H and O–H groups in total. The molecule has 0 radical (unpaired) electrons. The zero-order chi connectivity index (χ0) is 16.9. The Hall–Kier alpha value is -2.30. The maximum atomic E-state index is 12.6. The topological polar surface area (TPSA) is 47.4 Å². The van der Waals surface area contributed by atoms with Crippen LogP contribution in [0.4, 0.5) is 0 Å². The number of benzene rings is 1. The van der Waals surface area contributed by atoms with Gasteiger partial charge in [0.25, 0.3) is 0 Å². The van der Waals surface area contributed by atoms with Crippen LogP contribution in [0, 0.1) is 0 Å². The summed E-state index contributed by atoms with van der Waals surface area (Å²) >= 11 is 0. The molecule has 128 valence electrons. The zero-order valence-corrected chi connectivity index (χ0v) is 14.4. The van der Waals surface area contributed by atoms with Gasteiger partial charge >= 0.3 is 0 Å². The summed E-state index contributed by atoms with van der Waals surface area (Å²) in [4.78, 5) is 14.6. The Labute approximate surface area is 143 Å². The first kappa shape index (κ1) is 16.6. The first-order valence-electron chi connectivity index (χ1n) is 8.64. The van der Waals surface area contributed by atoms with Gasteiger partial charge in [0.1, 0.15) is 5.75 Å². The van der Waals surface area contributed by atoms with Crippen molar-refractivity contribution in [1.82, 2.24) is 14.7 Å². The van der Waals surface area contributed by atoms with E-state index in [9.17, 15) is 4.79 Å². The number of amides is 1. The molecule has 0 aliphatic carbocycles. The van der Waals surface area contributed by atoms with Crippen molar-refractivity contribution in [1.29, 1.82) is 0 Å². The Morgan fingerprint density at radius 3 is 2.75 bits per heavy atom. The van der Waals surface area contributed by atoms with Gasteiger partial charge in [0.05, 0.1) is 18.7 Å². The lowest BCUT2D eigenvalue weighted by Gasteiger charge is -2.32. The van der Waals surface area contributed by atoms with E-state index in [-0.39, 0.29) is 5.91 Å². The molecule has 1 aliphatic rings. The Bertz CT molecular complexity index is 678. The summed E-state index contributed by atoms with van der Waals surface area (Å²) in [5.74, 6) is 1.39. The Kier molecular flexibility index (Phi) is 5.18. The molecule has 0 spiro atoms. The average molecular weight is 327 g/mol. The lowest BCUT2D eigenvalue weighted by Crippen LogP contribution is -2.40. The molecule has 1 aromatic carbocycles. The number of aromatic nitrogens is 2. The molecule has 3 rings (SSSR count). The molecule has 0 saturated carbocycles. The molecule has 1 aliphatic heterocycles. The fraction of sp³-hybridized carbons (Fsp3) is 0.474. The van der Waals surface area contributed by atoms with Crippen molar-refractivity contribution in [3.05, 3.63) is 47.8 Å². The first-order chi connectivity index (χ1) is 11.7. The highest BCUT2D eigenvalue weighted by Gasteiger charge is 2.26. The normalized spacial score (nSPS) is 17.8. The van der Waals surface area contributed by atoms with Crippen LogP contribution in [0.2, 0.25) is 0 Å². The second-order valence-electron chi connectivity index (χ2n) is 6.35. The molecular formula is C19H25N3O2. The van der Waals surface area contributed by atoms with E-state index in [2.05, 4.69) is 11.2 Å². The predicted octanol–water partition coefficient (Wildman–Crippen LogP) is 2.77. The van der Waals surface area contributed by atoms with Crippen LogP contribution < -0.4 is 4.74 Å². The highest BCUT2D eigenvalue weighted by atomic mass is 16.5. The minimum absolute atomic E-state index is 0.194.